The van der Waals surface area contributed by atoms with Gasteiger partial charge in [0.25, 0.3) is 0 Å². The number of hydrogen-bond acceptors (Lipinski definition) is 1. The molecule has 2 unspecified atom stereocenters. The van der Waals surface area contributed by atoms with Crippen LogP contribution in [-0.4, -0.2) is 6.21 Å². The van der Waals surface area contributed by atoms with E-state index in [0.717, 1.165) is 18.3 Å². The van der Waals surface area contributed by atoms with Crippen LogP contribution in [0, 0.1) is 22.7 Å². The Morgan fingerprint density at radius 3 is 2.56 bits per heavy atom. The molecule has 0 aliphatic heterocycles. The average Bonchev–Trinajstić information content (AvgIpc) is 3.08. The van der Waals surface area contributed by atoms with Crippen molar-refractivity contribution < 1.29 is 0 Å². The molecule has 0 saturated heterocycles. The molecular formula is C17H27N. The highest BCUT2D eigenvalue weighted by atomic mass is 14.6. The van der Waals surface area contributed by atoms with E-state index in [4.69, 9.17) is 5.41 Å². The van der Waals surface area contributed by atoms with Gasteiger partial charge >= 0.3 is 0 Å². The van der Waals surface area contributed by atoms with E-state index in [2.05, 4.69) is 32.9 Å². The Morgan fingerprint density at radius 1 is 1.33 bits per heavy atom. The Hall–Kier alpha value is -0.850. The topological polar surface area (TPSA) is 23.9 Å². The summed E-state index contributed by atoms with van der Waals surface area (Å²) >= 11 is 0. The Morgan fingerprint density at radius 2 is 2.06 bits per heavy atom. The molecule has 1 nitrogen and oxygen atoms in total. The van der Waals surface area contributed by atoms with Gasteiger partial charge in [-0.3, -0.25) is 0 Å². The molecule has 0 heterocycles. The first-order valence-electron chi connectivity index (χ1n) is 7.54. The van der Waals surface area contributed by atoms with Crippen LogP contribution in [0.15, 0.2) is 23.3 Å². The van der Waals surface area contributed by atoms with Crippen molar-refractivity contribution in [2.75, 3.05) is 0 Å². The van der Waals surface area contributed by atoms with Crippen molar-refractivity contribution in [2.45, 2.75) is 59.3 Å². The van der Waals surface area contributed by atoms with Gasteiger partial charge in [-0.2, -0.15) is 0 Å². The molecule has 1 N–H and O–H groups in total. The minimum absolute atomic E-state index is 0.493. The maximum absolute atomic E-state index is 7.29. The summed E-state index contributed by atoms with van der Waals surface area (Å²) in [5.41, 5.74) is 3.32. The molecule has 2 aliphatic rings. The second kappa shape index (κ2) is 5.42. The smallest absolute Gasteiger partial charge is 0.0209 e. The van der Waals surface area contributed by atoms with E-state index in [1.807, 2.05) is 0 Å². The van der Waals surface area contributed by atoms with Gasteiger partial charge in [0.1, 0.15) is 0 Å². The minimum atomic E-state index is 0.493. The van der Waals surface area contributed by atoms with Crippen molar-refractivity contribution in [1.82, 2.24) is 0 Å². The maximum atomic E-state index is 7.29. The molecule has 2 aliphatic carbocycles. The second-order valence-corrected chi connectivity index (χ2v) is 6.31. The second-order valence-electron chi connectivity index (χ2n) is 6.31. The summed E-state index contributed by atoms with van der Waals surface area (Å²) < 4.78 is 0. The van der Waals surface area contributed by atoms with E-state index >= 15 is 0 Å². The number of hydrogen-bond donors (Lipinski definition) is 1. The van der Waals surface area contributed by atoms with E-state index in [0.29, 0.717) is 5.41 Å². The van der Waals surface area contributed by atoms with Crippen molar-refractivity contribution >= 4 is 6.21 Å². The Kier molecular flexibility index (Phi) is 4.09. The highest BCUT2D eigenvalue weighted by molar-refractivity contribution is 5.76. The fraction of sp³-hybridized carbons (Fsp3) is 0.706. The zero-order chi connectivity index (χ0) is 13.2. The average molecular weight is 245 g/mol. The standard InChI is InChI=1S/C17H27N/c1-4-13(5-2)10-16-11-17(16,3)15-8-6-14(12-18)7-9-15/h6,8,12-13,16,18H,4-5,7,9-11H2,1-3H3. The molecule has 0 aromatic rings. The summed E-state index contributed by atoms with van der Waals surface area (Å²) in [4.78, 5) is 0. The quantitative estimate of drug-likeness (QED) is 0.627. The van der Waals surface area contributed by atoms with E-state index in [1.54, 1.807) is 5.57 Å². The van der Waals surface area contributed by atoms with Gasteiger partial charge in [0.2, 0.25) is 0 Å². The Bertz CT molecular complexity index is 373. The van der Waals surface area contributed by atoms with Gasteiger partial charge in [0.15, 0.2) is 0 Å². The molecule has 100 valence electrons. The number of rotatable bonds is 6. The van der Waals surface area contributed by atoms with E-state index in [9.17, 15) is 0 Å². The number of nitrogens with one attached hydrogen (secondary N) is 1. The monoisotopic (exact) mass is 245 g/mol. The lowest BCUT2D eigenvalue weighted by atomic mass is 9.84. The summed E-state index contributed by atoms with van der Waals surface area (Å²) in [6, 6.07) is 0. The summed E-state index contributed by atoms with van der Waals surface area (Å²) in [5.74, 6) is 1.84. The van der Waals surface area contributed by atoms with Crippen molar-refractivity contribution in [2.24, 2.45) is 17.3 Å². The molecule has 0 radical (unpaired) electrons. The summed E-state index contributed by atoms with van der Waals surface area (Å²) in [7, 11) is 0. The van der Waals surface area contributed by atoms with Crippen LogP contribution >= 0.6 is 0 Å². The van der Waals surface area contributed by atoms with E-state index in [1.165, 1.54) is 43.9 Å². The first kappa shape index (κ1) is 13.6. The number of allylic oxidation sites excluding steroid dienone is 4. The van der Waals surface area contributed by atoms with E-state index in [-0.39, 0.29) is 0 Å². The molecule has 2 rings (SSSR count). The molecule has 1 saturated carbocycles. The van der Waals surface area contributed by atoms with Crippen LogP contribution in [0.3, 0.4) is 0 Å². The van der Waals surface area contributed by atoms with Gasteiger partial charge in [0.05, 0.1) is 0 Å². The SMILES string of the molecule is CCC(CC)CC1CC1(C)C1=CC=C(C=N)CC1. The molecule has 0 spiro atoms. The molecule has 0 aromatic carbocycles. The predicted molar refractivity (Wildman–Crippen MR) is 79.1 cm³/mol. The lowest BCUT2D eigenvalue weighted by Crippen LogP contribution is -2.09. The summed E-state index contributed by atoms with van der Waals surface area (Å²) in [6.07, 6.45) is 13.7. The fourth-order valence-corrected chi connectivity index (χ4v) is 3.46. The van der Waals surface area contributed by atoms with E-state index < -0.39 is 0 Å². The molecule has 18 heavy (non-hydrogen) atoms. The third kappa shape index (κ3) is 2.60. The zero-order valence-corrected chi connectivity index (χ0v) is 12.1. The predicted octanol–water partition coefficient (Wildman–Crippen LogP) is 5.14. The van der Waals surface area contributed by atoms with Crippen molar-refractivity contribution in [3.05, 3.63) is 23.3 Å². The van der Waals surface area contributed by atoms with Crippen LogP contribution in [0.25, 0.3) is 0 Å². The highest BCUT2D eigenvalue weighted by Gasteiger charge is 2.52. The van der Waals surface area contributed by atoms with Gasteiger partial charge < -0.3 is 5.41 Å². The maximum Gasteiger partial charge on any atom is 0.0209 e. The van der Waals surface area contributed by atoms with Crippen LogP contribution < -0.4 is 0 Å². The lowest BCUT2D eigenvalue weighted by molar-refractivity contribution is 0.396. The van der Waals surface area contributed by atoms with Crippen LogP contribution in [0.1, 0.15) is 59.3 Å². The molecule has 0 aromatic heterocycles. The van der Waals surface area contributed by atoms with Crippen molar-refractivity contribution in [3.8, 4) is 0 Å². The molecular weight excluding hydrogens is 218 g/mol. The van der Waals surface area contributed by atoms with Crippen LogP contribution in [0.4, 0.5) is 0 Å². The molecule has 0 amide bonds. The highest BCUT2D eigenvalue weighted by Crippen LogP contribution is 2.61. The van der Waals surface area contributed by atoms with Gasteiger partial charge in [-0.05, 0) is 48.5 Å². The van der Waals surface area contributed by atoms with Crippen molar-refractivity contribution in [3.63, 3.8) is 0 Å². The van der Waals surface area contributed by atoms with Crippen molar-refractivity contribution in [1.29, 1.82) is 5.41 Å². The van der Waals surface area contributed by atoms with Gasteiger partial charge in [-0.1, -0.05) is 51.3 Å². The first-order valence-corrected chi connectivity index (χ1v) is 7.54. The molecule has 2 atom stereocenters. The van der Waals surface area contributed by atoms with Crippen LogP contribution in [-0.2, 0) is 0 Å². The Balaban J connectivity index is 1.97. The van der Waals surface area contributed by atoms with Crippen LogP contribution in [0.2, 0.25) is 0 Å². The van der Waals surface area contributed by atoms with Gasteiger partial charge in [0, 0.05) is 6.21 Å². The van der Waals surface area contributed by atoms with Gasteiger partial charge in [-0.25, -0.2) is 0 Å². The largest absolute Gasteiger partial charge is 0.308 e. The molecule has 1 heteroatoms. The minimum Gasteiger partial charge on any atom is -0.308 e. The molecule has 0 bridgehead atoms. The Labute approximate surface area is 112 Å². The third-order valence-corrected chi connectivity index (χ3v) is 5.28. The lowest BCUT2D eigenvalue weighted by Gasteiger charge is -2.21. The summed E-state index contributed by atoms with van der Waals surface area (Å²) in [6.45, 7) is 7.11. The first-order chi connectivity index (χ1) is 8.63. The zero-order valence-electron chi connectivity index (χ0n) is 12.1. The fourth-order valence-electron chi connectivity index (χ4n) is 3.46. The normalized spacial score (nSPS) is 31.0. The summed E-state index contributed by atoms with van der Waals surface area (Å²) in [5, 5.41) is 7.29. The molecule has 1 fully saturated rings. The van der Waals surface area contributed by atoms with Crippen LogP contribution in [0.5, 0.6) is 0 Å². The van der Waals surface area contributed by atoms with Gasteiger partial charge in [-0.15, -0.1) is 0 Å². The third-order valence-electron chi connectivity index (χ3n) is 5.28.